The van der Waals surface area contributed by atoms with Gasteiger partial charge in [-0.05, 0) is 70.9 Å². The normalized spacial score (nSPS) is 19.4. The van der Waals surface area contributed by atoms with E-state index in [2.05, 4.69) is 32.6 Å². The first-order valence-electron chi connectivity index (χ1n) is 13.1. The van der Waals surface area contributed by atoms with Crippen LogP contribution in [0.4, 0.5) is 27.9 Å². The van der Waals surface area contributed by atoms with Gasteiger partial charge in [-0.3, -0.25) is 14.7 Å². The lowest BCUT2D eigenvalue weighted by atomic mass is 10.0. The summed E-state index contributed by atoms with van der Waals surface area (Å²) in [7, 11) is 3.85. The van der Waals surface area contributed by atoms with Gasteiger partial charge in [-0.25, -0.2) is 14.8 Å². The molecule has 1 aromatic heterocycles. The first kappa shape index (κ1) is 25.5. The van der Waals surface area contributed by atoms with E-state index in [0.29, 0.717) is 40.3 Å². The van der Waals surface area contributed by atoms with Gasteiger partial charge in [0.05, 0.1) is 22.9 Å². The minimum Gasteiger partial charge on any atom is -0.349 e. The summed E-state index contributed by atoms with van der Waals surface area (Å²) in [4.78, 5) is 39.0. The summed E-state index contributed by atoms with van der Waals surface area (Å²) in [6.45, 7) is 4.49. The van der Waals surface area contributed by atoms with Crippen molar-refractivity contribution in [1.29, 1.82) is 0 Å². The minimum absolute atomic E-state index is 0.0802. The summed E-state index contributed by atoms with van der Waals surface area (Å²) in [5, 5.41) is 10.6. The molecule has 0 radical (unpaired) electrons. The molecule has 0 unspecified atom stereocenters. The lowest BCUT2D eigenvalue weighted by Crippen LogP contribution is -2.59. The number of amides is 3. The van der Waals surface area contributed by atoms with Crippen LogP contribution >= 0.6 is 11.6 Å². The number of fused-ring (bicyclic) bond motifs is 1. The second kappa shape index (κ2) is 10.7. The fraction of sp³-hybridized carbons (Fsp3) is 0.538. The molecule has 1 aromatic carbocycles. The molecule has 0 bridgehead atoms. The Kier molecular flexibility index (Phi) is 7.39. The van der Waals surface area contributed by atoms with Gasteiger partial charge in [-0.15, -0.1) is 0 Å². The van der Waals surface area contributed by atoms with Gasteiger partial charge < -0.3 is 15.5 Å². The molecule has 1 saturated carbocycles. The Morgan fingerprint density at radius 3 is 2.54 bits per heavy atom. The van der Waals surface area contributed by atoms with Crippen molar-refractivity contribution in [3.8, 4) is 0 Å². The number of halogens is 1. The molecule has 5 rings (SSSR count). The summed E-state index contributed by atoms with van der Waals surface area (Å²) >= 11 is 6.57. The first-order chi connectivity index (χ1) is 17.9. The number of hydrogen-bond donors (Lipinski definition) is 2. The van der Waals surface area contributed by atoms with Crippen molar-refractivity contribution in [2.24, 2.45) is 0 Å². The highest BCUT2D eigenvalue weighted by Crippen LogP contribution is 2.39. The number of hydrogen-bond acceptors (Lipinski definition) is 7. The number of anilines is 4. The lowest BCUT2D eigenvalue weighted by molar-refractivity contribution is 0.0917. The molecule has 0 spiro atoms. The third-order valence-electron chi connectivity index (χ3n) is 7.60. The lowest BCUT2D eigenvalue weighted by Gasteiger charge is -2.45. The Balaban J connectivity index is 1.35. The van der Waals surface area contributed by atoms with E-state index >= 15 is 0 Å². The second-order valence-electron chi connectivity index (χ2n) is 10.1. The number of piperidine rings is 1. The van der Waals surface area contributed by atoms with Crippen LogP contribution in [0.2, 0.25) is 5.02 Å². The zero-order chi connectivity index (χ0) is 26.1. The van der Waals surface area contributed by atoms with Crippen molar-refractivity contribution >= 4 is 46.7 Å². The summed E-state index contributed by atoms with van der Waals surface area (Å²) < 4.78 is 0. The predicted octanol–water partition coefficient (Wildman–Crippen LogP) is 4.25. The number of carbonyl (C=O) groups excluding carboxylic acids is 2. The van der Waals surface area contributed by atoms with E-state index in [1.54, 1.807) is 41.4 Å². The molecule has 2 N–H and O–H groups in total. The van der Waals surface area contributed by atoms with Crippen molar-refractivity contribution in [1.82, 2.24) is 25.2 Å². The molecule has 2 aliphatic heterocycles. The van der Waals surface area contributed by atoms with E-state index in [4.69, 9.17) is 16.6 Å². The summed E-state index contributed by atoms with van der Waals surface area (Å²) in [5.74, 6) is 0.970. The van der Waals surface area contributed by atoms with E-state index in [0.717, 1.165) is 51.6 Å². The molecule has 3 amide bonds. The highest BCUT2D eigenvalue weighted by atomic mass is 35.5. The van der Waals surface area contributed by atoms with E-state index in [-0.39, 0.29) is 24.0 Å². The number of nitrogens with one attached hydrogen (secondary N) is 2. The van der Waals surface area contributed by atoms with Crippen LogP contribution in [0.3, 0.4) is 0 Å². The molecule has 2 fully saturated rings. The first-order valence-corrected chi connectivity index (χ1v) is 13.5. The topological polar surface area (TPSA) is 96.9 Å². The number of hydrazine groups is 1. The van der Waals surface area contributed by atoms with Gasteiger partial charge in [0.15, 0.2) is 5.82 Å². The Hall–Kier alpha value is -3.11. The Morgan fingerprint density at radius 2 is 1.86 bits per heavy atom. The van der Waals surface area contributed by atoms with Crippen LogP contribution in [-0.2, 0) is 0 Å². The van der Waals surface area contributed by atoms with Gasteiger partial charge in [0.25, 0.3) is 5.91 Å². The summed E-state index contributed by atoms with van der Waals surface area (Å²) in [5.41, 5.74) is 1.81. The Labute approximate surface area is 222 Å². The molecule has 198 valence electrons. The maximum absolute atomic E-state index is 13.0. The molecule has 2 aromatic rings. The molecule has 37 heavy (non-hydrogen) atoms. The number of aromatic nitrogens is 2. The SMILES string of the molecule is CCN1C(=O)N(C)c2cnc(Nc3ccc(C(=O)NC4CCN(C)CC4)cc3Cl)nc2N1C1CCCC1. The molecular weight excluding hydrogens is 492 g/mol. The third kappa shape index (κ3) is 5.17. The van der Waals surface area contributed by atoms with E-state index < -0.39 is 0 Å². The average Bonchev–Trinajstić information content (AvgIpc) is 3.43. The zero-order valence-electron chi connectivity index (χ0n) is 21.7. The number of likely N-dealkylation sites (tertiary alicyclic amines) is 1. The van der Waals surface area contributed by atoms with Gasteiger partial charge in [0.1, 0.15) is 5.69 Å². The van der Waals surface area contributed by atoms with Crippen molar-refractivity contribution in [3.05, 3.63) is 35.0 Å². The Morgan fingerprint density at radius 1 is 1.14 bits per heavy atom. The van der Waals surface area contributed by atoms with Crippen LogP contribution in [-0.4, -0.2) is 77.6 Å². The number of nitrogens with zero attached hydrogens (tertiary/aromatic N) is 6. The molecular formula is C26H35ClN8O2. The molecule has 11 heteroatoms. The zero-order valence-corrected chi connectivity index (χ0v) is 22.5. The smallest absolute Gasteiger partial charge is 0.343 e. The Bertz CT molecular complexity index is 1160. The van der Waals surface area contributed by atoms with Crippen LogP contribution in [0.1, 0.15) is 55.8 Å². The van der Waals surface area contributed by atoms with Crippen LogP contribution in [0, 0.1) is 0 Å². The van der Waals surface area contributed by atoms with Crippen LogP contribution in [0.15, 0.2) is 24.4 Å². The summed E-state index contributed by atoms with van der Waals surface area (Å²) in [6, 6.07) is 5.53. The average molecular weight is 527 g/mol. The summed E-state index contributed by atoms with van der Waals surface area (Å²) in [6.07, 6.45) is 7.88. The molecule has 3 aliphatic rings. The van der Waals surface area contributed by atoms with Gasteiger partial charge in [0.2, 0.25) is 5.95 Å². The molecule has 10 nitrogen and oxygen atoms in total. The van der Waals surface area contributed by atoms with Gasteiger partial charge in [-0.1, -0.05) is 24.4 Å². The number of carbonyl (C=O) groups is 2. The number of benzene rings is 1. The van der Waals surface area contributed by atoms with Gasteiger partial charge in [-0.2, -0.15) is 4.98 Å². The molecule has 1 aliphatic carbocycles. The molecule has 3 heterocycles. The van der Waals surface area contributed by atoms with Crippen LogP contribution in [0.25, 0.3) is 0 Å². The van der Waals surface area contributed by atoms with Crippen molar-refractivity contribution in [3.63, 3.8) is 0 Å². The van der Waals surface area contributed by atoms with E-state index in [1.807, 2.05) is 6.92 Å². The highest BCUT2D eigenvalue weighted by molar-refractivity contribution is 6.33. The number of urea groups is 1. The van der Waals surface area contributed by atoms with Gasteiger partial charge in [0, 0.05) is 25.2 Å². The fourth-order valence-corrected chi connectivity index (χ4v) is 5.65. The van der Waals surface area contributed by atoms with Crippen molar-refractivity contribution in [2.45, 2.75) is 57.5 Å². The van der Waals surface area contributed by atoms with Crippen molar-refractivity contribution in [2.75, 3.05) is 49.0 Å². The van der Waals surface area contributed by atoms with Gasteiger partial charge >= 0.3 is 6.03 Å². The maximum atomic E-state index is 13.0. The predicted molar refractivity (Wildman–Crippen MR) is 146 cm³/mol. The maximum Gasteiger partial charge on any atom is 0.343 e. The number of rotatable bonds is 6. The van der Waals surface area contributed by atoms with E-state index in [1.165, 1.54) is 0 Å². The molecule has 0 atom stereocenters. The van der Waals surface area contributed by atoms with Crippen LogP contribution < -0.4 is 20.5 Å². The monoisotopic (exact) mass is 526 g/mol. The van der Waals surface area contributed by atoms with Crippen LogP contribution in [0.5, 0.6) is 0 Å². The third-order valence-corrected chi connectivity index (χ3v) is 7.91. The second-order valence-corrected chi connectivity index (χ2v) is 10.5. The highest BCUT2D eigenvalue weighted by Gasteiger charge is 2.39. The minimum atomic E-state index is -0.118. The molecule has 1 saturated heterocycles. The standard InChI is InChI=1S/C26H35ClN8O2/c1-4-34-26(37)33(3)22-16-28-25(31-23(22)35(34)19-7-5-6-8-19)30-21-10-9-17(15-20(21)27)24(36)29-18-11-13-32(2)14-12-18/h9-10,15-16,18-19H,4-8,11-14H2,1-3H3,(H,29,36)(H,28,30,31). The quantitative estimate of drug-likeness (QED) is 0.580. The van der Waals surface area contributed by atoms with E-state index in [9.17, 15) is 9.59 Å². The van der Waals surface area contributed by atoms with Crippen molar-refractivity contribution < 1.29 is 9.59 Å². The largest absolute Gasteiger partial charge is 0.349 e. The fourth-order valence-electron chi connectivity index (χ4n) is 5.42.